The van der Waals surface area contributed by atoms with Crippen molar-refractivity contribution in [2.45, 2.75) is 64.2 Å². The fourth-order valence-corrected chi connectivity index (χ4v) is 5.05. The molecule has 2 N–H and O–H groups in total. The first-order valence-corrected chi connectivity index (χ1v) is 10.5. The average Bonchev–Trinajstić information content (AvgIpc) is 2.69. The molecule has 2 aromatic rings. The van der Waals surface area contributed by atoms with Crippen molar-refractivity contribution < 1.29 is 10.2 Å². The summed E-state index contributed by atoms with van der Waals surface area (Å²) in [5.41, 5.74) is 8.26. The van der Waals surface area contributed by atoms with Crippen LogP contribution in [0.1, 0.15) is 72.6 Å². The maximum Gasteiger partial charge on any atom is 0.115 e. The molecule has 2 heteroatoms. The second-order valence-electron chi connectivity index (χ2n) is 8.48. The lowest BCUT2D eigenvalue weighted by Gasteiger charge is -2.29. The van der Waals surface area contributed by atoms with Gasteiger partial charge in [-0.25, -0.2) is 0 Å². The second kappa shape index (κ2) is 7.87. The summed E-state index contributed by atoms with van der Waals surface area (Å²) in [4.78, 5) is 0. The van der Waals surface area contributed by atoms with Crippen molar-refractivity contribution in [3.05, 3.63) is 82.0 Å². The Morgan fingerprint density at radius 1 is 0.679 bits per heavy atom. The number of hydrogen-bond donors (Lipinski definition) is 2. The standard InChI is InChI=1S/C26H30O2/c1-17-15-23(27)11-13-25(17)21-7-3-19(4-8-21)20-5-9-22(10-6-20)26-14-12-24(28)16-18(26)2/h3,5,11-16,21-22,27-28H,4,6-10H2,1-2H3. The zero-order chi connectivity index (χ0) is 19.7. The minimum atomic E-state index is 0.360. The molecule has 2 nitrogen and oxygen atoms in total. The molecular formula is C26H30O2. The summed E-state index contributed by atoms with van der Waals surface area (Å²) in [6, 6.07) is 11.6. The summed E-state index contributed by atoms with van der Waals surface area (Å²) in [6.07, 6.45) is 11.8. The van der Waals surface area contributed by atoms with E-state index in [9.17, 15) is 10.2 Å². The Hall–Kier alpha value is -2.48. The van der Waals surface area contributed by atoms with Crippen LogP contribution in [-0.4, -0.2) is 10.2 Å². The molecular weight excluding hydrogens is 344 g/mol. The van der Waals surface area contributed by atoms with Gasteiger partial charge in [0.05, 0.1) is 0 Å². The number of allylic oxidation sites excluding steroid dienone is 4. The van der Waals surface area contributed by atoms with Gasteiger partial charge in [-0.2, -0.15) is 0 Å². The molecule has 2 atom stereocenters. The predicted octanol–water partition coefficient (Wildman–Crippen LogP) is 6.80. The first-order chi connectivity index (χ1) is 13.5. The number of aryl methyl sites for hydroxylation is 2. The van der Waals surface area contributed by atoms with Gasteiger partial charge in [-0.15, -0.1) is 0 Å². The van der Waals surface area contributed by atoms with E-state index in [1.165, 1.54) is 35.1 Å². The molecule has 2 aliphatic carbocycles. The molecule has 2 aromatic carbocycles. The van der Waals surface area contributed by atoms with E-state index in [0.717, 1.165) is 25.7 Å². The van der Waals surface area contributed by atoms with E-state index >= 15 is 0 Å². The van der Waals surface area contributed by atoms with Crippen LogP contribution in [0, 0.1) is 13.8 Å². The third-order valence-corrected chi connectivity index (χ3v) is 6.62. The Kier molecular flexibility index (Phi) is 5.30. The molecule has 28 heavy (non-hydrogen) atoms. The van der Waals surface area contributed by atoms with Crippen molar-refractivity contribution in [3.63, 3.8) is 0 Å². The number of rotatable bonds is 3. The van der Waals surface area contributed by atoms with Crippen LogP contribution < -0.4 is 0 Å². The van der Waals surface area contributed by atoms with Gasteiger partial charge in [-0.1, -0.05) is 24.3 Å². The number of benzene rings is 2. The van der Waals surface area contributed by atoms with Crippen molar-refractivity contribution in [1.82, 2.24) is 0 Å². The van der Waals surface area contributed by atoms with Crippen molar-refractivity contribution >= 4 is 0 Å². The number of phenols is 2. The normalized spacial score (nSPS) is 22.5. The molecule has 0 fully saturated rings. The van der Waals surface area contributed by atoms with Gasteiger partial charge in [0, 0.05) is 0 Å². The van der Waals surface area contributed by atoms with Crippen LogP contribution >= 0.6 is 0 Å². The van der Waals surface area contributed by atoms with E-state index in [-0.39, 0.29) is 0 Å². The highest BCUT2D eigenvalue weighted by molar-refractivity contribution is 5.42. The van der Waals surface area contributed by atoms with Gasteiger partial charge < -0.3 is 10.2 Å². The van der Waals surface area contributed by atoms with E-state index in [0.29, 0.717) is 23.3 Å². The quantitative estimate of drug-likeness (QED) is 0.620. The largest absolute Gasteiger partial charge is 0.508 e. The zero-order valence-electron chi connectivity index (χ0n) is 16.9. The summed E-state index contributed by atoms with van der Waals surface area (Å²) in [7, 11) is 0. The highest BCUT2D eigenvalue weighted by atomic mass is 16.3. The molecule has 4 rings (SSSR count). The molecule has 2 aliphatic rings. The average molecular weight is 375 g/mol. The van der Waals surface area contributed by atoms with Crippen LogP contribution in [0.3, 0.4) is 0 Å². The SMILES string of the molecule is Cc1cc(O)ccc1C1CC=C(C2=CCC(c3ccc(O)cc3C)CC2)CC1. The van der Waals surface area contributed by atoms with Crippen LogP contribution in [-0.2, 0) is 0 Å². The van der Waals surface area contributed by atoms with Crippen LogP contribution in [0.25, 0.3) is 0 Å². The van der Waals surface area contributed by atoms with Gasteiger partial charge in [0.2, 0.25) is 0 Å². The topological polar surface area (TPSA) is 40.5 Å². The van der Waals surface area contributed by atoms with Crippen molar-refractivity contribution in [1.29, 1.82) is 0 Å². The summed E-state index contributed by atoms with van der Waals surface area (Å²) >= 11 is 0. The number of phenolic OH excluding ortho intramolecular Hbond substituents is 2. The van der Waals surface area contributed by atoms with Gasteiger partial charge in [0.1, 0.15) is 11.5 Å². The van der Waals surface area contributed by atoms with Crippen molar-refractivity contribution in [2.75, 3.05) is 0 Å². The van der Waals surface area contributed by atoms with Gasteiger partial charge in [0.15, 0.2) is 0 Å². The summed E-state index contributed by atoms with van der Waals surface area (Å²) in [5, 5.41) is 19.3. The maximum atomic E-state index is 9.65. The summed E-state index contributed by atoms with van der Waals surface area (Å²) in [6.45, 7) is 4.20. The van der Waals surface area contributed by atoms with Crippen LogP contribution in [0.4, 0.5) is 0 Å². The predicted molar refractivity (Wildman–Crippen MR) is 115 cm³/mol. The smallest absolute Gasteiger partial charge is 0.115 e. The minimum Gasteiger partial charge on any atom is -0.508 e. The molecule has 0 aliphatic heterocycles. The molecule has 0 amide bonds. The monoisotopic (exact) mass is 374 g/mol. The molecule has 0 saturated carbocycles. The second-order valence-corrected chi connectivity index (χ2v) is 8.48. The van der Waals surface area contributed by atoms with Crippen LogP contribution in [0.5, 0.6) is 11.5 Å². The highest BCUT2D eigenvalue weighted by Gasteiger charge is 2.23. The van der Waals surface area contributed by atoms with Crippen molar-refractivity contribution in [3.8, 4) is 11.5 Å². The fourth-order valence-electron chi connectivity index (χ4n) is 5.05. The first kappa shape index (κ1) is 18.9. The van der Waals surface area contributed by atoms with Crippen molar-refractivity contribution in [2.24, 2.45) is 0 Å². The van der Waals surface area contributed by atoms with Gasteiger partial charge in [-0.05, 0) is 122 Å². The maximum absolute atomic E-state index is 9.65. The lowest BCUT2D eigenvalue weighted by Crippen LogP contribution is -2.11. The Labute approximate surface area is 168 Å². The highest BCUT2D eigenvalue weighted by Crippen LogP contribution is 2.41. The van der Waals surface area contributed by atoms with Gasteiger partial charge >= 0.3 is 0 Å². The first-order valence-electron chi connectivity index (χ1n) is 10.5. The molecule has 2 unspecified atom stereocenters. The van der Waals surface area contributed by atoms with E-state index in [1.807, 2.05) is 24.3 Å². The fraction of sp³-hybridized carbons (Fsp3) is 0.385. The van der Waals surface area contributed by atoms with E-state index in [2.05, 4.69) is 38.1 Å². The Balaban J connectivity index is 1.43. The minimum absolute atomic E-state index is 0.360. The third-order valence-electron chi connectivity index (χ3n) is 6.62. The molecule has 0 spiro atoms. The molecule has 146 valence electrons. The van der Waals surface area contributed by atoms with Gasteiger partial charge in [-0.3, -0.25) is 0 Å². The lowest BCUT2D eigenvalue weighted by atomic mass is 9.76. The van der Waals surface area contributed by atoms with E-state index in [1.54, 1.807) is 11.1 Å². The molecule has 0 heterocycles. The van der Waals surface area contributed by atoms with E-state index in [4.69, 9.17) is 0 Å². The lowest BCUT2D eigenvalue weighted by molar-refractivity contribution is 0.473. The number of aromatic hydroxyl groups is 2. The molecule has 0 radical (unpaired) electrons. The zero-order valence-corrected chi connectivity index (χ0v) is 16.9. The molecule has 0 bridgehead atoms. The Morgan fingerprint density at radius 3 is 1.43 bits per heavy atom. The third kappa shape index (κ3) is 3.87. The van der Waals surface area contributed by atoms with Crippen LogP contribution in [0.2, 0.25) is 0 Å². The summed E-state index contributed by atoms with van der Waals surface area (Å²) in [5.74, 6) is 1.86. The van der Waals surface area contributed by atoms with Gasteiger partial charge in [0.25, 0.3) is 0 Å². The Morgan fingerprint density at radius 2 is 1.11 bits per heavy atom. The molecule has 0 aromatic heterocycles. The van der Waals surface area contributed by atoms with Crippen LogP contribution in [0.15, 0.2) is 59.7 Å². The number of hydrogen-bond acceptors (Lipinski definition) is 2. The Bertz CT molecular complexity index is 858. The van der Waals surface area contributed by atoms with E-state index < -0.39 is 0 Å². The summed E-state index contributed by atoms with van der Waals surface area (Å²) < 4.78 is 0. The molecule has 0 saturated heterocycles.